The average molecular weight is 821 g/mol. The van der Waals surface area contributed by atoms with Crippen molar-refractivity contribution >= 4 is 17.9 Å². The lowest BCUT2D eigenvalue weighted by molar-refractivity contribution is -0.167. The predicted octanol–water partition coefficient (Wildman–Crippen LogP) is 16.5. The maximum atomic E-state index is 12.8. The Morgan fingerprint density at radius 3 is 0.897 bits per heavy atom. The molecule has 0 aliphatic carbocycles. The fourth-order valence-electron chi connectivity index (χ4n) is 7.75. The van der Waals surface area contributed by atoms with Crippen molar-refractivity contribution in [3.8, 4) is 0 Å². The molecule has 0 aliphatic rings. The summed E-state index contributed by atoms with van der Waals surface area (Å²) in [5.74, 6) is 0.864. The van der Waals surface area contributed by atoms with Crippen LogP contribution in [0.25, 0.3) is 0 Å². The SMILES string of the molecule is CCCCCCCCCCCCCCCCC(=O)OC[C@@H](COC(=O)CCCCCCCCCCCCC(C)CC)OC(=O)CCCCCCCCCCC(C)CC. The van der Waals surface area contributed by atoms with E-state index in [0.717, 1.165) is 69.6 Å². The zero-order chi connectivity index (χ0) is 42.6. The summed E-state index contributed by atoms with van der Waals surface area (Å²) in [4.78, 5) is 37.9. The highest BCUT2D eigenvalue weighted by atomic mass is 16.6. The molecule has 0 saturated carbocycles. The average Bonchev–Trinajstić information content (AvgIpc) is 3.22. The number of esters is 3. The number of ether oxygens (including phenoxy) is 3. The minimum Gasteiger partial charge on any atom is -0.462 e. The minimum atomic E-state index is -0.762. The summed E-state index contributed by atoms with van der Waals surface area (Å²) < 4.78 is 16.8. The quantitative estimate of drug-likeness (QED) is 0.0346. The van der Waals surface area contributed by atoms with E-state index in [4.69, 9.17) is 14.2 Å². The third-order valence-electron chi connectivity index (χ3n) is 12.4. The van der Waals surface area contributed by atoms with Gasteiger partial charge in [0.1, 0.15) is 13.2 Å². The van der Waals surface area contributed by atoms with Gasteiger partial charge < -0.3 is 14.2 Å². The van der Waals surface area contributed by atoms with Gasteiger partial charge in [0.25, 0.3) is 0 Å². The van der Waals surface area contributed by atoms with Gasteiger partial charge in [0.05, 0.1) is 0 Å². The van der Waals surface area contributed by atoms with Gasteiger partial charge in [-0.25, -0.2) is 0 Å². The Morgan fingerprint density at radius 2 is 0.603 bits per heavy atom. The van der Waals surface area contributed by atoms with Crippen molar-refractivity contribution in [2.45, 2.75) is 291 Å². The number of hydrogen-bond donors (Lipinski definition) is 0. The first-order valence-corrected chi connectivity index (χ1v) is 25.8. The minimum absolute atomic E-state index is 0.0641. The van der Waals surface area contributed by atoms with E-state index in [1.54, 1.807) is 0 Å². The van der Waals surface area contributed by atoms with Gasteiger partial charge in [-0.15, -0.1) is 0 Å². The number of carbonyl (C=O) groups is 3. The van der Waals surface area contributed by atoms with Crippen LogP contribution in [0, 0.1) is 11.8 Å². The second-order valence-electron chi connectivity index (χ2n) is 18.3. The zero-order valence-corrected chi connectivity index (χ0v) is 39.7. The molecular weight excluding hydrogens is 721 g/mol. The maximum absolute atomic E-state index is 12.8. The Kier molecular flexibility index (Phi) is 43.7. The highest BCUT2D eigenvalue weighted by molar-refractivity contribution is 5.71. The second-order valence-corrected chi connectivity index (χ2v) is 18.3. The molecule has 344 valence electrons. The van der Waals surface area contributed by atoms with Gasteiger partial charge in [0, 0.05) is 19.3 Å². The summed E-state index contributed by atoms with van der Waals surface area (Å²) in [5.41, 5.74) is 0. The molecule has 0 bridgehead atoms. The lowest BCUT2D eigenvalue weighted by Gasteiger charge is -2.18. The van der Waals surface area contributed by atoms with Crippen LogP contribution >= 0.6 is 0 Å². The number of carbonyl (C=O) groups excluding carboxylic acids is 3. The van der Waals surface area contributed by atoms with Crippen LogP contribution in [-0.2, 0) is 28.6 Å². The molecule has 0 radical (unpaired) electrons. The van der Waals surface area contributed by atoms with Crippen LogP contribution in [0.5, 0.6) is 0 Å². The van der Waals surface area contributed by atoms with E-state index < -0.39 is 6.10 Å². The van der Waals surface area contributed by atoms with Crippen LogP contribution in [0.1, 0.15) is 285 Å². The van der Waals surface area contributed by atoms with Gasteiger partial charge in [0.15, 0.2) is 6.10 Å². The number of rotatable bonds is 46. The Bertz CT molecular complexity index is 889. The van der Waals surface area contributed by atoms with E-state index in [2.05, 4.69) is 34.6 Å². The van der Waals surface area contributed by atoms with Crippen LogP contribution in [0.4, 0.5) is 0 Å². The number of hydrogen-bond acceptors (Lipinski definition) is 6. The van der Waals surface area contributed by atoms with Crippen molar-refractivity contribution in [2.75, 3.05) is 13.2 Å². The standard InChI is InChI=1S/C52H100O6/c1-6-9-10-11-12-13-14-15-16-17-21-27-32-37-42-50(53)56-45-49(58-52(55)44-39-34-29-24-23-26-31-36-41-48(5)8-3)46-57-51(54)43-38-33-28-22-19-18-20-25-30-35-40-47(4)7-2/h47-49H,6-46H2,1-5H3/t47?,48?,49-/m0/s1. The third kappa shape index (κ3) is 42.5. The molecule has 0 aromatic heterocycles. The Morgan fingerprint density at radius 1 is 0.345 bits per heavy atom. The Balaban J connectivity index is 4.33. The van der Waals surface area contributed by atoms with Crippen molar-refractivity contribution in [1.29, 1.82) is 0 Å². The van der Waals surface area contributed by atoms with Crippen LogP contribution in [0.15, 0.2) is 0 Å². The van der Waals surface area contributed by atoms with Crippen molar-refractivity contribution in [3.63, 3.8) is 0 Å². The third-order valence-corrected chi connectivity index (χ3v) is 12.4. The molecule has 0 aliphatic heterocycles. The molecule has 0 spiro atoms. The highest BCUT2D eigenvalue weighted by Gasteiger charge is 2.19. The molecule has 58 heavy (non-hydrogen) atoms. The first-order valence-electron chi connectivity index (χ1n) is 25.8. The van der Waals surface area contributed by atoms with E-state index in [1.807, 2.05) is 0 Å². The molecule has 0 saturated heterocycles. The maximum Gasteiger partial charge on any atom is 0.306 e. The summed E-state index contributed by atoms with van der Waals surface area (Å²) in [6.07, 6.45) is 45.0. The summed E-state index contributed by atoms with van der Waals surface area (Å²) in [6.45, 7) is 11.4. The monoisotopic (exact) mass is 821 g/mol. The Labute approximate surface area is 361 Å². The van der Waals surface area contributed by atoms with Crippen molar-refractivity contribution in [3.05, 3.63) is 0 Å². The molecule has 3 atom stereocenters. The van der Waals surface area contributed by atoms with Gasteiger partial charge in [-0.3, -0.25) is 14.4 Å². The van der Waals surface area contributed by atoms with Crippen molar-refractivity contribution in [2.24, 2.45) is 11.8 Å². The summed E-state index contributed by atoms with van der Waals surface area (Å²) in [7, 11) is 0. The predicted molar refractivity (Wildman–Crippen MR) is 247 cm³/mol. The van der Waals surface area contributed by atoms with Crippen molar-refractivity contribution in [1.82, 2.24) is 0 Å². The fraction of sp³-hybridized carbons (Fsp3) is 0.942. The van der Waals surface area contributed by atoms with Crippen LogP contribution < -0.4 is 0 Å². The molecule has 6 nitrogen and oxygen atoms in total. The highest BCUT2D eigenvalue weighted by Crippen LogP contribution is 2.18. The van der Waals surface area contributed by atoms with Gasteiger partial charge >= 0.3 is 17.9 Å². The normalized spacial score (nSPS) is 13.0. The van der Waals surface area contributed by atoms with Crippen LogP contribution in [0.2, 0.25) is 0 Å². The van der Waals surface area contributed by atoms with Gasteiger partial charge in [-0.05, 0) is 31.1 Å². The largest absolute Gasteiger partial charge is 0.462 e. The van der Waals surface area contributed by atoms with E-state index in [9.17, 15) is 14.4 Å². The zero-order valence-electron chi connectivity index (χ0n) is 39.7. The van der Waals surface area contributed by atoms with Crippen LogP contribution in [0.3, 0.4) is 0 Å². The molecule has 0 heterocycles. The molecular formula is C52H100O6. The molecule has 0 aromatic rings. The van der Waals surface area contributed by atoms with E-state index >= 15 is 0 Å². The molecule has 0 rings (SSSR count). The lowest BCUT2D eigenvalue weighted by Crippen LogP contribution is -2.30. The molecule has 6 heteroatoms. The Hall–Kier alpha value is -1.59. The number of unbranched alkanes of at least 4 members (excludes halogenated alkanes) is 29. The van der Waals surface area contributed by atoms with Crippen molar-refractivity contribution < 1.29 is 28.6 Å². The molecule has 0 amide bonds. The first kappa shape index (κ1) is 56.4. The van der Waals surface area contributed by atoms with E-state index in [1.165, 1.54) is 173 Å². The van der Waals surface area contributed by atoms with Gasteiger partial charge in [0.2, 0.25) is 0 Å². The molecule has 0 N–H and O–H groups in total. The molecule has 0 fully saturated rings. The topological polar surface area (TPSA) is 78.9 Å². The van der Waals surface area contributed by atoms with Crippen LogP contribution in [-0.4, -0.2) is 37.2 Å². The van der Waals surface area contributed by atoms with E-state index in [-0.39, 0.29) is 31.1 Å². The van der Waals surface area contributed by atoms with Gasteiger partial charge in [-0.2, -0.15) is 0 Å². The summed E-state index contributed by atoms with van der Waals surface area (Å²) in [5, 5.41) is 0. The molecule has 0 aromatic carbocycles. The fourth-order valence-corrected chi connectivity index (χ4v) is 7.75. The van der Waals surface area contributed by atoms with Gasteiger partial charge in [-0.1, -0.05) is 247 Å². The summed E-state index contributed by atoms with van der Waals surface area (Å²) in [6, 6.07) is 0. The lowest BCUT2D eigenvalue weighted by atomic mass is 9.99. The first-order chi connectivity index (χ1) is 28.3. The smallest absolute Gasteiger partial charge is 0.306 e. The second kappa shape index (κ2) is 44.9. The summed E-state index contributed by atoms with van der Waals surface area (Å²) >= 11 is 0. The van der Waals surface area contributed by atoms with E-state index in [0.29, 0.717) is 19.3 Å². The molecule has 2 unspecified atom stereocenters.